The molecule has 2 atom stereocenters. The van der Waals surface area contributed by atoms with Crippen LogP contribution in [0.4, 0.5) is 4.79 Å². The summed E-state index contributed by atoms with van der Waals surface area (Å²) < 4.78 is 0. The molecule has 5 nitrogen and oxygen atoms in total. The lowest BCUT2D eigenvalue weighted by Gasteiger charge is -2.35. The average molecular weight is 256 g/mol. The molecule has 2 unspecified atom stereocenters. The smallest absolute Gasteiger partial charge is 0.317 e. The minimum atomic E-state index is -0.810. The van der Waals surface area contributed by atoms with Crippen molar-refractivity contribution in [3.63, 3.8) is 0 Å². The molecule has 0 bridgehead atoms. The molecule has 5 heteroatoms. The first-order chi connectivity index (χ1) is 8.19. The highest BCUT2D eigenvalue weighted by Crippen LogP contribution is 2.22. The summed E-state index contributed by atoms with van der Waals surface area (Å²) in [4.78, 5) is 24.6. The first-order valence-corrected chi connectivity index (χ1v) is 6.44. The first-order valence-electron chi connectivity index (χ1n) is 6.44. The van der Waals surface area contributed by atoms with Gasteiger partial charge in [0.05, 0.1) is 5.92 Å². The van der Waals surface area contributed by atoms with Gasteiger partial charge >= 0.3 is 12.0 Å². The molecule has 1 aliphatic rings. The zero-order valence-corrected chi connectivity index (χ0v) is 11.7. The topological polar surface area (TPSA) is 69.6 Å². The van der Waals surface area contributed by atoms with Gasteiger partial charge in [-0.05, 0) is 17.8 Å². The Balaban J connectivity index is 2.54. The van der Waals surface area contributed by atoms with Gasteiger partial charge in [-0.25, -0.2) is 4.79 Å². The molecule has 1 heterocycles. The summed E-state index contributed by atoms with van der Waals surface area (Å²) in [6.45, 7) is 9.67. The molecule has 0 saturated carbocycles. The number of hydrogen-bond acceptors (Lipinski definition) is 2. The second kappa shape index (κ2) is 5.59. The van der Waals surface area contributed by atoms with Crippen LogP contribution in [-0.2, 0) is 4.79 Å². The van der Waals surface area contributed by atoms with Crippen LogP contribution in [-0.4, -0.2) is 41.6 Å². The molecule has 2 amide bonds. The van der Waals surface area contributed by atoms with Crippen LogP contribution >= 0.6 is 0 Å². The van der Waals surface area contributed by atoms with Crippen molar-refractivity contribution >= 4 is 12.0 Å². The van der Waals surface area contributed by atoms with E-state index < -0.39 is 11.9 Å². The molecule has 1 aliphatic heterocycles. The zero-order chi connectivity index (χ0) is 13.9. The second-order valence-electron chi connectivity index (χ2n) is 6.50. The fraction of sp³-hybridized carbons (Fsp3) is 0.846. The molecule has 2 N–H and O–H groups in total. The van der Waals surface area contributed by atoms with E-state index in [4.69, 9.17) is 5.11 Å². The third-order valence-corrected chi connectivity index (χ3v) is 3.07. The Morgan fingerprint density at radius 3 is 2.44 bits per heavy atom. The van der Waals surface area contributed by atoms with Crippen LogP contribution in [0.2, 0.25) is 0 Å². The lowest BCUT2D eigenvalue weighted by atomic mass is 9.91. The highest BCUT2D eigenvalue weighted by molar-refractivity contribution is 5.76. The van der Waals surface area contributed by atoms with Gasteiger partial charge in [0.15, 0.2) is 0 Å². The van der Waals surface area contributed by atoms with Crippen molar-refractivity contribution in [2.75, 3.05) is 19.6 Å². The minimum absolute atomic E-state index is 0.0310. The Hall–Kier alpha value is -1.26. The number of likely N-dealkylation sites (tertiary alicyclic amines) is 1. The number of carboxylic acids is 1. The van der Waals surface area contributed by atoms with E-state index in [0.29, 0.717) is 26.1 Å². The first kappa shape index (κ1) is 14.8. The molecule has 1 saturated heterocycles. The van der Waals surface area contributed by atoms with Crippen molar-refractivity contribution in [1.29, 1.82) is 0 Å². The fourth-order valence-corrected chi connectivity index (χ4v) is 2.15. The molecule has 0 radical (unpaired) electrons. The van der Waals surface area contributed by atoms with Gasteiger partial charge in [-0.15, -0.1) is 0 Å². The van der Waals surface area contributed by atoms with E-state index in [0.717, 1.165) is 0 Å². The summed E-state index contributed by atoms with van der Waals surface area (Å²) in [5, 5.41) is 11.9. The van der Waals surface area contributed by atoms with Crippen LogP contribution in [0.3, 0.4) is 0 Å². The number of rotatable bonds is 2. The van der Waals surface area contributed by atoms with E-state index >= 15 is 0 Å². The van der Waals surface area contributed by atoms with Gasteiger partial charge in [0.25, 0.3) is 0 Å². The Labute approximate surface area is 109 Å². The second-order valence-corrected chi connectivity index (χ2v) is 6.50. The third-order valence-electron chi connectivity index (χ3n) is 3.07. The lowest BCUT2D eigenvalue weighted by molar-refractivity contribution is -0.143. The summed E-state index contributed by atoms with van der Waals surface area (Å²) in [6, 6.07) is -0.150. The summed E-state index contributed by atoms with van der Waals surface area (Å²) in [7, 11) is 0. The van der Waals surface area contributed by atoms with Gasteiger partial charge in [-0.2, -0.15) is 0 Å². The number of nitrogens with one attached hydrogen (secondary N) is 1. The molecular weight excluding hydrogens is 232 g/mol. The Bertz CT molecular complexity index is 323. The molecular formula is C13H24N2O3. The van der Waals surface area contributed by atoms with Crippen molar-refractivity contribution in [1.82, 2.24) is 10.2 Å². The van der Waals surface area contributed by atoms with Crippen LogP contribution in [0.25, 0.3) is 0 Å². The van der Waals surface area contributed by atoms with Crippen LogP contribution in [0.1, 0.15) is 34.1 Å². The summed E-state index contributed by atoms with van der Waals surface area (Å²) in [5.74, 6) is -1.01. The standard InChI is InChI=1S/C13H24N2O3/c1-9-5-10(11(16)17)7-15(6-9)12(18)14-8-13(2,3)4/h9-10H,5-8H2,1-4H3,(H,14,18)(H,16,17). The number of piperidine rings is 1. The van der Waals surface area contributed by atoms with Crippen LogP contribution < -0.4 is 5.32 Å². The van der Waals surface area contributed by atoms with Crippen molar-refractivity contribution < 1.29 is 14.7 Å². The quantitative estimate of drug-likeness (QED) is 0.791. The number of nitrogens with zero attached hydrogens (tertiary/aromatic N) is 1. The number of carbonyl (C=O) groups excluding carboxylic acids is 1. The van der Waals surface area contributed by atoms with Crippen molar-refractivity contribution in [3.8, 4) is 0 Å². The van der Waals surface area contributed by atoms with Gasteiger partial charge in [0, 0.05) is 19.6 Å². The lowest BCUT2D eigenvalue weighted by Crippen LogP contribution is -2.50. The number of aliphatic carboxylic acids is 1. The van der Waals surface area contributed by atoms with Gasteiger partial charge in [0.2, 0.25) is 0 Å². The molecule has 0 aromatic heterocycles. The van der Waals surface area contributed by atoms with Crippen LogP contribution in [0, 0.1) is 17.3 Å². The summed E-state index contributed by atoms with van der Waals surface area (Å²) in [6.07, 6.45) is 0.651. The number of carboxylic acid groups (broad SMARTS) is 1. The van der Waals surface area contributed by atoms with Crippen LogP contribution in [0.5, 0.6) is 0 Å². The molecule has 1 fully saturated rings. The maximum Gasteiger partial charge on any atom is 0.317 e. The SMILES string of the molecule is CC1CC(C(=O)O)CN(C(=O)NCC(C)(C)C)C1. The Kier molecular flexibility index (Phi) is 4.59. The van der Waals surface area contributed by atoms with E-state index in [2.05, 4.69) is 5.32 Å². The summed E-state index contributed by atoms with van der Waals surface area (Å²) in [5.41, 5.74) is 0.0310. The van der Waals surface area contributed by atoms with Crippen molar-refractivity contribution in [2.45, 2.75) is 34.1 Å². The van der Waals surface area contributed by atoms with Gasteiger partial charge in [-0.3, -0.25) is 4.79 Å². The van der Waals surface area contributed by atoms with Crippen molar-refractivity contribution in [2.24, 2.45) is 17.3 Å². The number of hydrogen-bond donors (Lipinski definition) is 2. The molecule has 104 valence electrons. The predicted molar refractivity (Wildman–Crippen MR) is 69.3 cm³/mol. The fourth-order valence-electron chi connectivity index (χ4n) is 2.15. The van der Waals surface area contributed by atoms with E-state index in [1.807, 2.05) is 27.7 Å². The number of amides is 2. The number of urea groups is 1. The molecule has 0 aromatic rings. The highest BCUT2D eigenvalue weighted by Gasteiger charge is 2.32. The van der Waals surface area contributed by atoms with Gasteiger partial charge in [0.1, 0.15) is 0 Å². The summed E-state index contributed by atoms with van der Waals surface area (Å²) >= 11 is 0. The van der Waals surface area contributed by atoms with Crippen molar-refractivity contribution in [3.05, 3.63) is 0 Å². The van der Waals surface area contributed by atoms with E-state index in [1.54, 1.807) is 4.90 Å². The molecule has 1 rings (SSSR count). The van der Waals surface area contributed by atoms with E-state index in [1.165, 1.54) is 0 Å². The monoisotopic (exact) mass is 256 g/mol. The Morgan fingerprint density at radius 1 is 1.33 bits per heavy atom. The van der Waals surface area contributed by atoms with Gasteiger partial charge < -0.3 is 15.3 Å². The number of carbonyl (C=O) groups is 2. The normalized spacial score (nSPS) is 24.8. The molecule has 0 aromatic carbocycles. The zero-order valence-electron chi connectivity index (χ0n) is 11.7. The largest absolute Gasteiger partial charge is 0.481 e. The minimum Gasteiger partial charge on any atom is -0.481 e. The average Bonchev–Trinajstić information content (AvgIpc) is 2.23. The third kappa shape index (κ3) is 4.55. The molecule has 18 heavy (non-hydrogen) atoms. The van der Waals surface area contributed by atoms with E-state index in [9.17, 15) is 9.59 Å². The predicted octanol–water partition coefficient (Wildman–Crippen LogP) is 1.78. The van der Waals surface area contributed by atoms with Gasteiger partial charge in [-0.1, -0.05) is 27.7 Å². The Morgan fingerprint density at radius 2 is 1.94 bits per heavy atom. The maximum atomic E-state index is 12.0. The maximum absolute atomic E-state index is 12.0. The van der Waals surface area contributed by atoms with Crippen LogP contribution in [0.15, 0.2) is 0 Å². The highest BCUT2D eigenvalue weighted by atomic mass is 16.4. The van der Waals surface area contributed by atoms with E-state index in [-0.39, 0.29) is 17.4 Å². The molecule has 0 spiro atoms. The molecule has 0 aliphatic carbocycles.